The first-order chi connectivity index (χ1) is 18.0. The number of carbonyl (C=O) groups is 4. The van der Waals surface area contributed by atoms with Crippen LogP contribution in [0.4, 0.5) is 8.78 Å². The lowest BCUT2D eigenvalue weighted by atomic mass is 9.75. The Balaban J connectivity index is 2.64. The molecule has 2 rings (SSSR count). The van der Waals surface area contributed by atoms with E-state index in [0.29, 0.717) is 0 Å². The predicted molar refractivity (Wildman–Crippen MR) is 143 cm³/mol. The molecule has 8 heteroatoms. The van der Waals surface area contributed by atoms with E-state index >= 15 is 8.78 Å². The van der Waals surface area contributed by atoms with Crippen molar-refractivity contribution in [1.29, 1.82) is 0 Å². The van der Waals surface area contributed by atoms with E-state index in [1.165, 1.54) is 24.3 Å². The van der Waals surface area contributed by atoms with Gasteiger partial charge < -0.3 is 9.47 Å². The molecule has 0 saturated heterocycles. The molecule has 0 aliphatic heterocycles. The highest BCUT2D eigenvalue weighted by molar-refractivity contribution is 6.02. The van der Waals surface area contributed by atoms with Gasteiger partial charge in [0.1, 0.15) is 11.6 Å². The van der Waals surface area contributed by atoms with Gasteiger partial charge in [0.05, 0.1) is 13.2 Å². The molecule has 2 aromatic carbocycles. The van der Waals surface area contributed by atoms with E-state index in [2.05, 4.69) is 0 Å². The lowest BCUT2D eigenvalue weighted by molar-refractivity contribution is -0.172. The number of esters is 2. The van der Waals surface area contributed by atoms with Gasteiger partial charge in [0.25, 0.3) is 0 Å². The van der Waals surface area contributed by atoms with Crippen molar-refractivity contribution >= 4 is 23.5 Å². The third kappa shape index (κ3) is 7.37. The summed E-state index contributed by atoms with van der Waals surface area (Å²) in [7, 11) is 0. The Bertz CT molecular complexity index is 1150. The molecule has 0 aromatic heterocycles. The van der Waals surface area contributed by atoms with Gasteiger partial charge in [-0.25, -0.2) is 8.78 Å². The van der Waals surface area contributed by atoms with Gasteiger partial charge in [0.2, 0.25) is 0 Å². The summed E-state index contributed by atoms with van der Waals surface area (Å²) >= 11 is 0. The Labute approximate surface area is 229 Å². The molecule has 0 bridgehead atoms. The summed E-state index contributed by atoms with van der Waals surface area (Å²) in [6.07, 6.45) is -0.995. The number of hydrogen-bond donors (Lipinski definition) is 0. The van der Waals surface area contributed by atoms with Crippen molar-refractivity contribution in [1.82, 2.24) is 0 Å². The van der Waals surface area contributed by atoms with Crippen molar-refractivity contribution in [2.45, 2.75) is 68.2 Å². The van der Waals surface area contributed by atoms with Crippen LogP contribution in [0, 0.1) is 27.9 Å². The van der Waals surface area contributed by atoms with Crippen LogP contribution in [0.2, 0.25) is 0 Å². The molecule has 0 spiro atoms. The van der Waals surface area contributed by atoms with Gasteiger partial charge in [-0.05, 0) is 37.1 Å². The van der Waals surface area contributed by atoms with Crippen molar-refractivity contribution in [3.63, 3.8) is 0 Å². The number of ether oxygens (including phenoxy) is 2. The minimum atomic E-state index is -2.13. The van der Waals surface area contributed by atoms with Crippen molar-refractivity contribution in [2.75, 3.05) is 13.2 Å². The average Bonchev–Trinajstić information content (AvgIpc) is 2.83. The Morgan fingerprint density at radius 3 is 1.23 bits per heavy atom. The first kappa shape index (κ1) is 31.8. The highest BCUT2D eigenvalue weighted by atomic mass is 19.1. The van der Waals surface area contributed by atoms with Crippen molar-refractivity contribution in [3.05, 3.63) is 70.3 Å². The zero-order chi connectivity index (χ0) is 29.8. The van der Waals surface area contributed by atoms with Crippen molar-refractivity contribution in [3.8, 4) is 0 Å². The van der Waals surface area contributed by atoms with Crippen LogP contribution in [0.3, 0.4) is 0 Å². The molecule has 212 valence electrons. The first-order valence-electron chi connectivity index (χ1n) is 13.0. The van der Waals surface area contributed by atoms with Gasteiger partial charge in [0, 0.05) is 34.8 Å². The van der Waals surface area contributed by atoms with Gasteiger partial charge in [-0.15, -0.1) is 0 Å². The van der Waals surface area contributed by atoms with E-state index in [9.17, 15) is 19.2 Å². The van der Waals surface area contributed by atoms with Gasteiger partial charge in [0.15, 0.2) is 17.0 Å². The Hall–Kier alpha value is -3.42. The predicted octanol–water partition coefficient (Wildman–Crippen LogP) is 6.32. The smallest absolute Gasteiger partial charge is 0.324 e. The second-order valence-electron chi connectivity index (χ2n) is 11.6. The second-order valence-corrected chi connectivity index (χ2v) is 11.6. The fraction of sp³-hybridized carbons (Fsp3) is 0.484. The van der Waals surface area contributed by atoms with Crippen LogP contribution in [-0.2, 0) is 31.9 Å². The van der Waals surface area contributed by atoms with E-state index in [1.54, 1.807) is 55.4 Å². The molecule has 0 saturated carbocycles. The summed E-state index contributed by atoms with van der Waals surface area (Å²) in [5.74, 6) is -4.13. The van der Waals surface area contributed by atoms with Crippen LogP contribution in [0.25, 0.3) is 0 Å². The molecule has 6 nitrogen and oxygen atoms in total. The number of benzene rings is 2. The topological polar surface area (TPSA) is 86.7 Å². The summed E-state index contributed by atoms with van der Waals surface area (Å²) in [5, 5.41) is 0. The third-order valence-corrected chi connectivity index (χ3v) is 6.31. The molecule has 2 aromatic rings. The summed E-state index contributed by atoms with van der Waals surface area (Å²) in [5.41, 5.74) is -3.41. The lowest BCUT2D eigenvalue weighted by Gasteiger charge is -2.30. The quantitative estimate of drug-likeness (QED) is 0.198. The Morgan fingerprint density at radius 1 is 0.641 bits per heavy atom. The zero-order valence-electron chi connectivity index (χ0n) is 24.0. The lowest BCUT2D eigenvalue weighted by Crippen LogP contribution is -2.46. The van der Waals surface area contributed by atoms with E-state index in [4.69, 9.17) is 9.47 Å². The van der Waals surface area contributed by atoms with Crippen LogP contribution in [0.15, 0.2) is 36.4 Å². The molecule has 0 aliphatic rings. The number of carbonyl (C=O) groups excluding carboxylic acids is 4. The second kappa shape index (κ2) is 12.2. The maximum Gasteiger partial charge on any atom is 0.324 e. The Morgan fingerprint density at radius 2 is 0.974 bits per heavy atom. The maximum absolute atomic E-state index is 15.3. The van der Waals surface area contributed by atoms with Gasteiger partial charge in [-0.3, -0.25) is 19.2 Å². The van der Waals surface area contributed by atoms with Gasteiger partial charge in [-0.2, -0.15) is 0 Å². The largest absolute Gasteiger partial charge is 0.465 e. The molecule has 0 N–H and O–H groups in total. The molecule has 0 heterocycles. The molecule has 0 fully saturated rings. The molecule has 0 unspecified atom stereocenters. The standard InChI is InChI=1S/C31H38F2O6/c1-9-38-27(36)31(28(37)39-10-2,17-21-13-11-19(15-23(21)32)25(34)29(3,4)5)18-22-14-12-20(16-24(22)33)26(35)30(6,7)8/h11-16H,9-10,17-18H2,1-8H3. The summed E-state index contributed by atoms with van der Waals surface area (Å²) in [4.78, 5) is 52.0. The summed E-state index contributed by atoms with van der Waals surface area (Å²) in [6.45, 7) is 13.2. The fourth-order valence-electron chi connectivity index (χ4n) is 4.15. The SMILES string of the molecule is CCOC(=O)C(Cc1ccc(C(=O)C(C)(C)C)cc1F)(Cc1ccc(C(=O)C(C)(C)C)cc1F)C(=O)OCC. The van der Waals surface area contributed by atoms with Crippen LogP contribution < -0.4 is 0 Å². The highest BCUT2D eigenvalue weighted by Crippen LogP contribution is 2.35. The molecule has 0 atom stereocenters. The minimum Gasteiger partial charge on any atom is -0.465 e. The van der Waals surface area contributed by atoms with E-state index in [-0.39, 0.29) is 47.0 Å². The van der Waals surface area contributed by atoms with E-state index in [1.807, 2.05) is 0 Å². The van der Waals surface area contributed by atoms with Crippen molar-refractivity contribution in [2.24, 2.45) is 16.2 Å². The monoisotopic (exact) mass is 544 g/mol. The first-order valence-corrected chi connectivity index (χ1v) is 13.0. The zero-order valence-corrected chi connectivity index (χ0v) is 24.0. The molecule has 0 radical (unpaired) electrons. The summed E-state index contributed by atoms with van der Waals surface area (Å²) < 4.78 is 41.1. The van der Waals surface area contributed by atoms with Gasteiger partial charge in [-0.1, -0.05) is 65.8 Å². The highest BCUT2D eigenvalue weighted by Gasteiger charge is 2.50. The number of halogens is 2. The number of hydrogen-bond acceptors (Lipinski definition) is 6. The van der Waals surface area contributed by atoms with Crippen molar-refractivity contribution < 1.29 is 37.4 Å². The van der Waals surface area contributed by atoms with E-state index < -0.39 is 52.7 Å². The molecule has 0 amide bonds. The van der Waals surface area contributed by atoms with E-state index in [0.717, 1.165) is 12.1 Å². The Kier molecular flexibility index (Phi) is 9.93. The normalized spacial score (nSPS) is 12.2. The molecular formula is C31H38F2O6. The maximum atomic E-state index is 15.3. The van der Waals surface area contributed by atoms with Gasteiger partial charge >= 0.3 is 11.9 Å². The minimum absolute atomic E-state index is 0.0403. The molecule has 0 aliphatic carbocycles. The molecular weight excluding hydrogens is 506 g/mol. The average molecular weight is 545 g/mol. The van der Waals surface area contributed by atoms with Crippen LogP contribution in [0.5, 0.6) is 0 Å². The number of Topliss-reactive ketones (excluding diaryl/α,β-unsaturated/α-hetero) is 2. The van der Waals surface area contributed by atoms with Crippen LogP contribution in [-0.4, -0.2) is 36.7 Å². The molecule has 39 heavy (non-hydrogen) atoms. The van der Waals surface area contributed by atoms with Crippen LogP contribution >= 0.6 is 0 Å². The number of ketones is 2. The van der Waals surface area contributed by atoms with Crippen LogP contribution in [0.1, 0.15) is 87.2 Å². The summed E-state index contributed by atoms with van der Waals surface area (Å²) in [6, 6.07) is 7.67. The third-order valence-electron chi connectivity index (χ3n) is 6.31. The fourth-order valence-corrected chi connectivity index (χ4v) is 4.15. The number of rotatable bonds is 10.